The van der Waals surface area contributed by atoms with Crippen LogP contribution in [0.4, 0.5) is 10.1 Å². The first-order valence-corrected chi connectivity index (χ1v) is 7.25. The fraction of sp³-hybridized carbons (Fsp3) is 0.100. The quantitative estimate of drug-likeness (QED) is 0.737. The van der Waals surface area contributed by atoms with E-state index in [0.29, 0.717) is 6.54 Å². The number of allylic oxidation sites excluding steroid dienone is 3. The van der Waals surface area contributed by atoms with Crippen molar-refractivity contribution in [3.05, 3.63) is 85.3 Å². The van der Waals surface area contributed by atoms with E-state index in [1.165, 1.54) is 11.5 Å². The summed E-state index contributed by atoms with van der Waals surface area (Å²) in [5.41, 5.74) is 3.95. The third kappa shape index (κ3) is 2.37. The van der Waals surface area contributed by atoms with Gasteiger partial charge in [-0.1, -0.05) is 56.1 Å². The van der Waals surface area contributed by atoms with Gasteiger partial charge in [0.05, 0.1) is 0 Å². The van der Waals surface area contributed by atoms with Crippen LogP contribution in [0, 0.1) is 5.92 Å². The molecule has 0 aliphatic carbocycles. The maximum Gasteiger partial charge on any atom is 0.116 e. The molecule has 0 amide bonds. The molecular formula is C20H18FN. The summed E-state index contributed by atoms with van der Waals surface area (Å²) in [6.45, 7) is 12.1. The summed E-state index contributed by atoms with van der Waals surface area (Å²) >= 11 is 0. The van der Waals surface area contributed by atoms with Gasteiger partial charge in [0.2, 0.25) is 0 Å². The standard InChI is InChI=1S/C20H18FN/c1-4-15(11-13(2)21)18-12-22-19-10-9-16-7-5-6-8-17(16)20(19)14(18)3/h4-11,18,22H,1-3,12H2/b15-11+. The van der Waals surface area contributed by atoms with Crippen molar-refractivity contribution in [2.75, 3.05) is 11.9 Å². The van der Waals surface area contributed by atoms with Gasteiger partial charge in [-0.25, -0.2) is 4.39 Å². The molecule has 1 atom stereocenters. The van der Waals surface area contributed by atoms with E-state index in [9.17, 15) is 4.39 Å². The summed E-state index contributed by atoms with van der Waals surface area (Å²) in [6, 6.07) is 12.4. The van der Waals surface area contributed by atoms with Crippen LogP contribution >= 0.6 is 0 Å². The SMILES string of the molecule is C=C/C(=C\C(=C)F)C1CNc2ccc3ccccc3c2C1=C. The first-order chi connectivity index (χ1) is 10.6. The van der Waals surface area contributed by atoms with E-state index in [-0.39, 0.29) is 5.92 Å². The molecule has 0 spiro atoms. The topological polar surface area (TPSA) is 12.0 Å². The molecule has 1 N–H and O–H groups in total. The van der Waals surface area contributed by atoms with Gasteiger partial charge < -0.3 is 5.32 Å². The highest BCUT2D eigenvalue weighted by molar-refractivity contribution is 6.00. The van der Waals surface area contributed by atoms with Crippen LogP contribution < -0.4 is 5.32 Å². The zero-order valence-corrected chi connectivity index (χ0v) is 12.4. The second kappa shape index (κ2) is 5.64. The normalized spacial score (nSPS) is 17.8. The van der Waals surface area contributed by atoms with Crippen molar-refractivity contribution in [1.29, 1.82) is 0 Å². The Morgan fingerprint density at radius 1 is 1.23 bits per heavy atom. The monoisotopic (exact) mass is 291 g/mol. The number of anilines is 1. The molecule has 0 saturated carbocycles. The Bertz CT molecular complexity index is 814. The molecule has 110 valence electrons. The summed E-state index contributed by atoms with van der Waals surface area (Å²) in [7, 11) is 0. The highest BCUT2D eigenvalue weighted by atomic mass is 19.1. The summed E-state index contributed by atoms with van der Waals surface area (Å²) in [5, 5.41) is 5.75. The van der Waals surface area contributed by atoms with Crippen LogP contribution in [0.3, 0.4) is 0 Å². The fourth-order valence-corrected chi connectivity index (χ4v) is 3.08. The minimum Gasteiger partial charge on any atom is -0.384 e. The Balaban J connectivity index is 2.14. The lowest BCUT2D eigenvalue weighted by atomic mass is 9.81. The Morgan fingerprint density at radius 3 is 2.73 bits per heavy atom. The summed E-state index contributed by atoms with van der Waals surface area (Å²) in [6.07, 6.45) is 3.11. The molecule has 0 fully saturated rings. The Hall–Kier alpha value is -2.61. The lowest BCUT2D eigenvalue weighted by molar-refractivity contribution is 0.666. The molecule has 2 heteroatoms. The van der Waals surface area contributed by atoms with Crippen LogP contribution in [0.2, 0.25) is 0 Å². The number of rotatable bonds is 3. The molecule has 1 aliphatic heterocycles. The van der Waals surface area contributed by atoms with E-state index >= 15 is 0 Å². The molecule has 0 saturated heterocycles. The molecule has 0 aromatic heterocycles. The van der Waals surface area contributed by atoms with Crippen LogP contribution in [-0.2, 0) is 0 Å². The van der Waals surface area contributed by atoms with Gasteiger partial charge in [0, 0.05) is 23.7 Å². The maximum absolute atomic E-state index is 13.2. The smallest absolute Gasteiger partial charge is 0.116 e. The van der Waals surface area contributed by atoms with Gasteiger partial charge >= 0.3 is 0 Å². The summed E-state index contributed by atoms with van der Waals surface area (Å²) < 4.78 is 13.2. The van der Waals surface area contributed by atoms with Crippen LogP contribution in [0.5, 0.6) is 0 Å². The van der Waals surface area contributed by atoms with E-state index in [1.807, 2.05) is 12.1 Å². The van der Waals surface area contributed by atoms with E-state index in [1.54, 1.807) is 6.08 Å². The minimum absolute atomic E-state index is 0.0108. The van der Waals surface area contributed by atoms with Crippen molar-refractivity contribution in [3.8, 4) is 0 Å². The van der Waals surface area contributed by atoms with E-state index < -0.39 is 5.83 Å². The molecule has 3 rings (SSSR count). The molecule has 2 aromatic carbocycles. The van der Waals surface area contributed by atoms with Gasteiger partial charge in [-0.05, 0) is 34.1 Å². The first kappa shape index (κ1) is 14.3. The molecule has 0 bridgehead atoms. The summed E-state index contributed by atoms with van der Waals surface area (Å²) in [4.78, 5) is 0. The van der Waals surface area contributed by atoms with Crippen molar-refractivity contribution in [1.82, 2.24) is 0 Å². The lowest BCUT2D eigenvalue weighted by Crippen LogP contribution is -2.23. The largest absolute Gasteiger partial charge is 0.384 e. The van der Waals surface area contributed by atoms with Gasteiger partial charge in [0.25, 0.3) is 0 Å². The van der Waals surface area contributed by atoms with Crippen molar-refractivity contribution in [2.24, 2.45) is 5.92 Å². The number of benzene rings is 2. The Labute approximate surface area is 130 Å². The highest BCUT2D eigenvalue weighted by Crippen LogP contribution is 2.41. The molecule has 22 heavy (non-hydrogen) atoms. The van der Waals surface area contributed by atoms with E-state index in [0.717, 1.165) is 27.8 Å². The average Bonchev–Trinajstić information content (AvgIpc) is 2.52. The molecule has 1 heterocycles. The van der Waals surface area contributed by atoms with Crippen molar-refractivity contribution in [3.63, 3.8) is 0 Å². The molecular weight excluding hydrogens is 273 g/mol. The number of nitrogens with one attached hydrogen (secondary N) is 1. The van der Waals surface area contributed by atoms with E-state index in [4.69, 9.17) is 0 Å². The lowest BCUT2D eigenvalue weighted by Gasteiger charge is -2.30. The number of hydrogen-bond donors (Lipinski definition) is 1. The van der Waals surface area contributed by atoms with Gasteiger partial charge in [-0.3, -0.25) is 0 Å². The second-order valence-corrected chi connectivity index (χ2v) is 5.46. The number of hydrogen-bond acceptors (Lipinski definition) is 1. The predicted molar refractivity (Wildman–Crippen MR) is 93.5 cm³/mol. The third-order valence-electron chi connectivity index (χ3n) is 4.13. The van der Waals surface area contributed by atoms with Crippen LogP contribution in [-0.4, -0.2) is 6.54 Å². The number of halogens is 1. The van der Waals surface area contributed by atoms with Crippen LogP contribution in [0.25, 0.3) is 16.3 Å². The van der Waals surface area contributed by atoms with Gasteiger partial charge in [-0.2, -0.15) is 0 Å². The Kier molecular flexibility index (Phi) is 3.68. The van der Waals surface area contributed by atoms with Gasteiger partial charge in [0.15, 0.2) is 0 Å². The maximum atomic E-state index is 13.2. The average molecular weight is 291 g/mol. The highest BCUT2D eigenvalue weighted by Gasteiger charge is 2.25. The van der Waals surface area contributed by atoms with Gasteiger partial charge in [-0.15, -0.1) is 0 Å². The van der Waals surface area contributed by atoms with Crippen molar-refractivity contribution >= 4 is 22.0 Å². The van der Waals surface area contributed by atoms with Crippen molar-refractivity contribution in [2.45, 2.75) is 0 Å². The van der Waals surface area contributed by atoms with Gasteiger partial charge in [0.1, 0.15) is 5.83 Å². The zero-order valence-electron chi connectivity index (χ0n) is 12.4. The Morgan fingerprint density at radius 2 is 2.00 bits per heavy atom. The third-order valence-corrected chi connectivity index (χ3v) is 4.13. The van der Waals surface area contributed by atoms with E-state index in [2.05, 4.69) is 49.3 Å². The molecule has 1 aliphatic rings. The van der Waals surface area contributed by atoms with Crippen LogP contribution in [0.1, 0.15) is 5.56 Å². The second-order valence-electron chi connectivity index (χ2n) is 5.46. The zero-order chi connectivity index (χ0) is 15.7. The molecule has 0 radical (unpaired) electrons. The first-order valence-electron chi connectivity index (χ1n) is 7.25. The fourth-order valence-electron chi connectivity index (χ4n) is 3.08. The molecule has 2 aromatic rings. The predicted octanol–water partition coefficient (Wildman–Crippen LogP) is 5.49. The van der Waals surface area contributed by atoms with Crippen LogP contribution in [0.15, 0.2) is 79.7 Å². The van der Waals surface area contributed by atoms with Crippen molar-refractivity contribution < 1.29 is 4.39 Å². The molecule has 1 nitrogen and oxygen atoms in total. The molecule has 1 unspecified atom stereocenters. The minimum atomic E-state index is -0.466. The number of fused-ring (bicyclic) bond motifs is 3. The summed E-state index contributed by atoms with van der Waals surface area (Å²) in [5.74, 6) is -0.477.